The number of nitrogens with one attached hydrogen (secondary N) is 1. The van der Waals surface area contributed by atoms with Crippen molar-refractivity contribution in [2.75, 3.05) is 49.3 Å². The molecule has 3 aromatic rings. The van der Waals surface area contributed by atoms with Crippen LogP contribution in [0, 0.1) is 12.7 Å². The average molecular weight is 495 g/mol. The Balaban J connectivity index is 2.03. The molecule has 13 heteroatoms. The Labute approximate surface area is 198 Å². The highest BCUT2D eigenvalue weighted by molar-refractivity contribution is 6.14. The Morgan fingerprint density at radius 3 is 2.49 bits per heavy atom. The van der Waals surface area contributed by atoms with E-state index in [2.05, 4.69) is 15.4 Å². The summed E-state index contributed by atoms with van der Waals surface area (Å²) in [5.41, 5.74) is -0.0130. The van der Waals surface area contributed by atoms with E-state index in [1.165, 1.54) is 6.20 Å². The van der Waals surface area contributed by atoms with Crippen molar-refractivity contribution in [1.82, 2.24) is 19.7 Å². The van der Waals surface area contributed by atoms with Crippen LogP contribution in [0.5, 0.6) is 0 Å². The average Bonchev–Trinajstić information content (AvgIpc) is 3.06. The molecule has 0 atom stereocenters. The molecule has 1 aromatic carbocycles. The first kappa shape index (κ1) is 25.9. The first-order chi connectivity index (χ1) is 16.3. The number of benzene rings is 1. The van der Waals surface area contributed by atoms with Gasteiger partial charge in [0.2, 0.25) is 6.41 Å². The van der Waals surface area contributed by atoms with Gasteiger partial charge in [-0.05, 0) is 39.2 Å². The third kappa shape index (κ3) is 5.34. The number of aryl methyl sites for hydroxylation is 2. The third-order valence-electron chi connectivity index (χ3n) is 5.36. The van der Waals surface area contributed by atoms with E-state index in [0.717, 1.165) is 6.07 Å². The molecule has 188 valence electrons. The molecule has 9 nitrogen and oxygen atoms in total. The maximum absolute atomic E-state index is 13.7. The van der Waals surface area contributed by atoms with Crippen molar-refractivity contribution in [1.29, 1.82) is 0 Å². The number of carbonyl (C=O) groups excluding carboxylic acids is 2. The number of urea groups is 1. The molecule has 35 heavy (non-hydrogen) atoms. The van der Waals surface area contributed by atoms with Crippen molar-refractivity contribution in [3.63, 3.8) is 0 Å². The normalized spacial score (nSPS) is 11.7. The zero-order chi connectivity index (χ0) is 26.1. The fourth-order valence-corrected chi connectivity index (χ4v) is 3.62. The van der Waals surface area contributed by atoms with Crippen LogP contribution in [0.3, 0.4) is 0 Å². The summed E-state index contributed by atoms with van der Waals surface area (Å²) in [4.78, 5) is 33.3. The summed E-state index contributed by atoms with van der Waals surface area (Å²) in [6.07, 6.45) is -3.56. The van der Waals surface area contributed by atoms with Crippen molar-refractivity contribution in [3.8, 4) is 0 Å². The summed E-state index contributed by atoms with van der Waals surface area (Å²) in [7, 11) is 7.36. The molecule has 1 N–H and O–H groups in total. The highest BCUT2D eigenvalue weighted by atomic mass is 19.4. The van der Waals surface area contributed by atoms with Crippen molar-refractivity contribution >= 4 is 40.5 Å². The van der Waals surface area contributed by atoms with Crippen LogP contribution in [-0.2, 0) is 18.0 Å². The van der Waals surface area contributed by atoms with Gasteiger partial charge in [0.05, 0.1) is 39.9 Å². The predicted molar refractivity (Wildman–Crippen MR) is 124 cm³/mol. The molecular formula is C22H25F4N7O2. The zero-order valence-corrected chi connectivity index (χ0v) is 19.8. The van der Waals surface area contributed by atoms with Gasteiger partial charge in [-0.15, -0.1) is 0 Å². The van der Waals surface area contributed by atoms with E-state index in [4.69, 9.17) is 0 Å². The lowest BCUT2D eigenvalue weighted by Crippen LogP contribution is -2.35. The summed E-state index contributed by atoms with van der Waals surface area (Å²) >= 11 is 0. The molecule has 0 aliphatic heterocycles. The van der Waals surface area contributed by atoms with Gasteiger partial charge in [0, 0.05) is 27.2 Å². The van der Waals surface area contributed by atoms with E-state index >= 15 is 0 Å². The second-order valence-electron chi connectivity index (χ2n) is 8.22. The van der Waals surface area contributed by atoms with Crippen molar-refractivity contribution in [3.05, 3.63) is 41.5 Å². The van der Waals surface area contributed by atoms with E-state index in [0.29, 0.717) is 52.5 Å². The van der Waals surface area contributed by atoms with Gasteiger partial charge in [-0.25, -0.2) is 19.1 Å². The summed E-state index contributed by atoms with van der Waals surface area (Å²) < 4.78 is 54.7. The molecular weight excluding hydrogens is 470 g/mol. The van der Waals surface area contributed by atoms with Gasteiger partial charge in [-0.3, -0.25) is 9.48 Å². The van der Waals surface area contributed by atoms with E-state index in [9.17, 15) is 27.2 Å². The monoisotopic (exact) mass is 495 g/mol. The second-order valence-corrected chi connectivity index (χ2v) is 8.22. The number of carbonyl (C=O) groups is 2. The van der Waals surface area contributed by atoms with Gasteiger partial charge in [0.15, 0.2) is 5.65 Å². The van der Waals surface area contributed by atoms with E-state index in [-0.39, 0.29) is 12.1 Å². The second kappa shape index (κ2) is 9.86. The number of pyridine rings is 1. The summed E-state index contributed by atoms with van der Waals surface area (Å²) in [6.45, 7) is 3.03. The van der Waals surface area contributed by atoms with Crippen LogP contribution in [-0.4, -0.2) is 66.3 Å². The fourth-order valence-electron chi connectivity index (χ4n) is 3.62. The lowest BCUT2D eigenvalue weighted by Gasteiger charge is -2.26. The van der Waals surface area contributed by atoms with E-state index in [1.54, 1.807) is 18.7 Å². The number of nitrogens with zero attached hydrogens (tertiary/aromatic N) is 6. The number of fused-ring (bicyclic) bond motifs is 1. The first-order valence-corrected chi connectivity index (χ1v) is 10.5. The number of rotatable bonds is 7. The molecule has 0 unspecified atom stereocenters. The molecule has 0 aliphatic rings. The minimum Gasteiger partial charge on any atom is -0.371 e. The largest absolute Gasteiger partial charge is 0.419 e. The van der Waals surface area contributed by atoms with Gasteiger partial charge in [-0.1, -0.05) is 0 Å². The number of anilines is 3. The first-order valence-electron chi connectivity index (χ1n) is 10.5. The quantitative estimate of drug-likeness (QED) is 0.398. The Hall–Kier alpha value is -3.74. The molecule has 0 spiro atoms. The van der Waals surface area contributed by atoms with Crippen molar-refractivity contribution in [2.24, 2.45) is 7.05 Å². The minimum absolute atomic E-state index is 0.0550. The Morgan fingerprint density at radius 1 is 1.20 bits per heavy atom. The Kier molecular flexibility index (Phi) is 7.29. The van der Waals surface area contributed by atoms with Gasteiger partial charge in [0.1, 0.15) is 5.82 Å². The SMILES string of the molecule is Cc1nn(C)c2ncc(NC(=O)N(C=O)c3ccc(F)c(C(F)(F)F)c3)c(N(C)CCN(C)C)c12. The van der Waals surface area contributed by atoms with Crippen molar-refractivity contribution < 1.29 is 27.2 Å². The molecule has 0 saturated heterocycles. The van der Waals surface area contributed by atoms with E-state index < -0.39 is 29.3 Å². The Morgan fingerprint density at radius 2 is 1.89 bits per heavy atom. The minimum atomic E-state index is -5.00. The van der Waals surface area contributed by atoms with Crippen LogP contribution in [0.1, 0.15) is 11.3 Å². The molecule has 0 saturated carbocycles. The van der Waals surface area contributed by atoms with Crippen LogP contribution in [0.15, 0.2) is 24.4 Å². The molecule has 0 aliphatic carbocycles. The third-order valence-corrected chi connectivity index (χ3v) is 5.36. The molecule has 2 aromatic heterocycles. The standard InChI is InChI=1S/C22H25F4N7O2/c1-13-18-19(31(4)9-8-30(2)3)17(11-27-20(18)32(5)29-13)28-21(35)33(12-34)14-6-7-16(23)15(10-14)22(24,25)26/h6-7,10-12H,8-9H2,1-5H3,(H,28,35). The molecule has 0 fully saturated rings. The van der Waals surface area contributed by atoms with Crippen LogP contribution in [0.2, 0.25) is 0 Å². The highest BCUT2D eigenvalue weighted by Gasteiger charge is 2.35. The smallest absolute Gasteiger partial charge is 0.371 e. The fraction of sp³-hybridized carbons (Fsp3) is 0.364. The maximum Gasteiger partial charge on any atom is 0.419 e. The molecule has 0 radical (unpaired) electrons. The summed E-state index contributed by atoms with van der Waals surface area (Å²) in [6, 6.07) is 0.828. The number of likely N-dealkylation sites (N-methyl/N-ethyl adjacent to an activating group) is 2. The molecule has 3 amide bonds. The van der Waals surface area contributed by atoms with Crippen LogP contribution in [0.4, 0.5) is 39.4 Å². The topological polar surface area (TPSA) is 86.6 Å². The molecule has 2 heterocycles. The number of amides is 3. The van der Waals surface area contributed by atoms with Gasteiger partial charge in [0.25, 0.3) is 0 Å². The predicted octanol–water partition coefficient (Wildman–Crippen LogP) is 3.63. The zero-order valence-electron chi connectivity index (χ0n) is 19.8. The van der Waals surface area contributed by atoms with Crippen LogP contribution < -0.4 is 15.1 Å². The van der Waals surface area contributed by atoms with Crippen molar-refractivity contribution in [2.45, 2.75) is 13.1 Å². The number of halogens is 4. The van der Waals surface area contributed by atoms with Crippen LogP contribution in [0.25, 0.3) is 11.0 Å². The van der Waals surface area contributed by atoms with Crippen LogP contribution >= 0.6 is 0 Å². The van der Waals surface area contributed by atoms with Gasteiger partial charge in [-0.2, -0.15) is 18.3 Å². The van der Waals surface area contributed by atoms with Gasteiger partial charge < -0.3 is 15.1 Å². The number of alkyl halides is 3. The summed E-state index contributed by atoms with van der Waals surface area (Å²) in [5.74, 6) is -1.51. The highest BCUT2D eigenvalue weighted by Crippen LogP contribution is 2.36. The van der Waals surface area contributed by atoms with E-state index in [1.807, 2.05) is 30.9 Å². The lowest BCUT2D eigenvalue weighted by molar-refractivity contribution is -0.140. The van der Waals surface area contributed by atoms with Gasteiger partial charge >= 0.3 is 12.2 Å². The number of aromatic nitrogens is 3. The molecule has 0 bridgehead atoms. The maximum atomic E-state index is 13.7. The lowest BCUT2D eigenvalue weighted by atomic mass is 10.1. The summed E-state index contributed by atoms with van der Waals surface area (Å²) in [5, 5.41) is 7.61. The Bertz CT molecular complexity index is 1260. The number of hydrogen-bond acceptors (Lipinski definition) is 6. The molecule has 3 rings (SSSR count). The number of hydrogen-bond donors (Lipinski definition) is 1. The number of imide groups is 1.